The molecule has 1 aliphatic carbocycles. The number of hydrogen-bond acceptors (Lipinski definition) is 2. The number of aryl methyl sites for hydroxylation is 1. The smallest absolute Gasteiger partial charge is 0.150 e. The first-order valence-corrected chi connectivity index (χ1v) is 9.69. The fourth-order valence-corrected chi connectivity index (χ4v) is 4.68. The summed E-state index contributed by atoms with van der Waals surface area (Å²) >= 11 is 3.80. The first kappa shape index (κ1) is 15.0. The molecule has 1 aromatic carbocycles. The van der Waals surface area contributed by atoms with E-state index in [1.807, 2.05) is 0 Å². The minimum Gasteiger partial charge on any atom is -0.229 e. The van der Waals surface area contributed by atoms with Crippen LogP contribution in [0.25, 0.3) is 0 Å². The van der Waals surface area contributed by atoms with Crippen LogP contribution in [0.15, 0.2) is 24.3 Å². The molecule has 0 saturated carbocycles. The third-order valence-electron chi connectivity index (χ3n) is 4.03. The first-order chi connectivity index (χ1) is 9.03. The molecule has 2 rings (SSSR count). The van der Waals surface area contributed by atoms with Crippen molar-refractivity contribution in [2.45, 2.75) is 37.4 Å². The second-order valence-corrected chi connectivity index (χ2v) is 8.74. The van der Waals surface area contributed by atoms with Crippen LogP contribution in [0, 0.1) is 5.92 Å². The van der Waals surface area contributed by atoms with Crippen LogP contribution in [-0.2, 0) is 16.3 Å². The zero-order chi connectivity index (χ0) is 13.9. The fraction of sp³-hybridized carbons (Fsp3) is 0.600. The Kier molecular flexibility index (Phi) is 5.07. The Balaban J connectivity index is 2.11. The van der Waals surface area contributed by atoms with Crippen LogP contribution in [0.3, 0.4) is 0 Å². The maximum atomic E-state index is 11.7. The Morgan fingerprint density at radius 1 is 1.32 bits per heavy atom. The fourth-order valence-electron chi connectivity index (χ4n) is 2.75. The van der Waals surface area contributed by atoms with Crippen molar-refractivity contribution in [1.29, 1.82) is 0 Å². The van der Waals surface area contributed by atoms with E-state index < -0.39 is 9.84 Å². The first-order valence-electron chi connectivity index (χ1n) is 6.96. The van der Waals surface area contributed by atoms with Gasteiger partial charge in [-0.15, -0.1) is 0 Å². The minimum atomic E-state index is -2.85. The maximum absolute atomic E-state index is 11.7. The van der Waals surface area contributed by atoms with Gasteiger partial charge in [0.05, 0.1) is 5.75 Å². The summed E-state index contributed by atoms with van der Waals surface area (Å²) in [5.74, 6) is 0.992. The number of benzene rings is 1. The van der Waals surface area contributed by atoms with Gasteiger partial charge in [0.15, 0.2) is 0 Å². The van der Waals surface area contributed by atoms with Gasteiger partial charge < -0.3 is 0 Å². The summed E-state index contributed by atoms with van der Waals surface area (Å²) in [6.07, 6.45) is 4.12. The number of hydrogen-bond donors (Lipinski definition) is 0. The van der Waals surface area contributed by atoms with Crippen LogP contribution in [-0.4, -0.2) is 19.9 Å². The molecule has 106 valence electrons. The van der Waals surface area contributed by atoms with Crippen molar-refractivity contribution in [2.24, 2.45) is 5.92 Å². The minimum absolute atomic E-state index is 0.253. The van der Waals surface area contributed by atoms with Gasteiger partial charge in [-0.1, -0.05) is 47.1 Å². The predicted molar refractivity (Wildman–Crippen MR) is 83.5 cm³/mol. The average Bonchev–Trinajstić information content (AvgIpc) is 2.57. The number of rotatable bonds is 4. The van der Waals surface area contributed by atoms with Crippen LogP contribution in [0.1, 0.15) is 42.1 Å². The van der Waals surface area contributed by atoms with E-state index in [1.54, 1.807) is 6.92 Å². The number of halogens is 1. The lowest BCUT2D eigenvalue weighted by atomic mass is 9.94. The second kappa shape index (κ2) is 6.40. The van der Waals surface area contributed by atoms with E-state index in [1.165, 1.54) is 11.1 Å². The van der Waals surface area contributed by atoms with Gasteiger partial charge >= 0.3 is 0 Å². The largest absolute Gasteiger partial charge is 0.229 e. The van der Waals surface area contributed by atoms with E-state index in [-0.39, 0.29) is 5.75 Å². The number of sulfone groups is 1. The summed E-state index contributed by atoms with van der Waals surface area (Å²) in [4.78, 5) is 0.290. The van der Waals surface area contributed by atoms with E-state index >= 15 is 0 Å². The molecule has 2 unspecified atom stereocenters. The van der Waals surface area contributed by atoms with E-state index in [0.29, 0.717) is 16.5 Å². The maximum Gasteiger partial charge on any atom is 0.150 e. The predicted octanol–water partition coefficient (Wildman–Crippen LogP) is 3.90. The van der Waals surface area contributed by atoms with Gasteiger partial charge in [-0.3, -0.25) is 0 Å². The SMILES string of the molecule is CCS(=O)(=O)CCC1CCCc2ccccc2C1Br. The van der Waals surface area contributed by atoms with Crippen molar-refractivity contribution in [2.75, 3.05) is 11.5 Å². The Morgan fingerprint density at radius 2 is 2.05 bits per heavy atom. The van der Waals surface area contributed by atoms with Crippen LogP contribution in [0.4, 0.5) is 0 Å². The molecule has 0 radical (unpaired) electrons. The monoisotopic (exact) mass is 344 g/mol. The Labute approximate surface area is 124 Å². The molecule has 0 heterocycles. The third-order valence-corrected chi connectivity index (χ3v) is 7.00. The van der Waals surface area contributed by atoms with E-state index in [0.717, 1.165) is 25.7 Å². The molecular formula is C15H21BrO2S. The molecule has 0 aliphatic heterocycles. The van der Waals surface area contributed by atoms with E-state index in [4.69, 9.17) is 0 Å². The molecule has 0 fully saturated rings. The zero-order valence-corrected chi connectivity index (χ0v) is 13.7. The average molecular weight is 345 g/mol. The molecule has 0 spiro atoms. The van der Waals surface area contributed by atoms with Gasteiger partial charge in [0.2, 0.25) is 0 Å². The molecule has 4 heteroatoms. The highest BCUT2D eigenvalue weighted by molar-refractivity contribution is 9.09. The Morgan fingerprint density at radius 3 is 2.79 bits per heavy atom. The van der Waals surface area contributed by atoms with Gasteiger partial charge in [-0.2, -0.15) is 0 Å². The molecule has 0 amide bonds. The highest BCUT2D eigenvalue weighted by Crippen LogP contribution is 2.41. The van der Waals surface area contributed by atoms with Crippen molar-refractivity contribution in [3.05, 3.63) is 35.4 Å². The van der Waals surface area contributed by atoms with Crippen LogP contribution in [0.5, 0.6) is 0 Å². The molecule has 19 heavy (non-hydrogen) atoms. The summed E-state index contributed by atoms with van der Waals surface area (Å²) in [5.41, 5.74) is 2.75. The molecule has 1 aromatic rings. The third kappa shape index (κ3) is 3.82. The molecule has 0 aromatic heterocycles. The topological polar surface area (TPSA) is 34.1 Å². The highest BCUT2D eigenvalue weighted by atomic mass is 79.9. The van der Waals surface area contributed by atoms with Crippen molar-refractivity contribution in [3.63, 3.8) is 0 Å². The standard InChI is InChI=1S/C15H21BrO2S/c1-2-19(17,18)11-10-13-8-5-7-12-6-3-4-9-14(12)15(13)16/h3-4,6,9,13,15H,2,5,7-8,10-11H2,1H3. The van der Waals surface area contributed by atoms with Gasteiger partial charge in [-0.25, -0.2) is 8.42 Å². The summed E-state index contributed by atoms with van der Waals surface area (Å²) in [6.45, 7) is 1.73. The second-order valence-electron chi connectivity index (χ2n) is 5.28. The summed E-state index contributed by atoms with van der Waals surface area (Å²) in [7, 11) is -2.85. The number of alkyl halides is 1. The molecule has 0 bridgehead atoms. The zero-order valence-electron chi connectivity index (χ0n) is 11.3. The lowest BCUT2D eigenvalue weighted by Crippen LogP contribution is -2.15. The Bertz CT molecular complexity index is 525. The summed E-state index contributed by atoms with van der Waals surface area (Å²) < 4.78 is 23.3. The quantitative estimate of drug-likeness (QED) is 0.613. The lowest BCUT2D eigenvalue weighted by molar-refractivity contribution is 0.461. The molecule has 0 saturated heterocycles. The summed E-state index contributed by atoms with van der Waals surface area (Å²) in [6, 6.07) is 8.51. The molecular weight excluding hydrogens is 324 g/mol. The Hall–Kier alpha value is -0.350. The van der Waals surface area contributed by atoms with Crippen molar-refractivity contribution >= 4 is 25.8 Å². The van der Waals surface area contributed by atoms with Gasteiger partial charge in [0.25, 0.3) is 0 Å². The van der Waals surface area contributed by atoms with Gasteiger partial charge in [0, 0.05) is 10.6 Å². The van der Waals surface area contributed by atoms with Gasteiger partial charge in [-0.05, 0) is 42.7 Å². The van der Waals surface area contributed by atoms with Crippen molar-refractivity contribution in [3.8, 4) is 0 Å². The number of fused-ring (bicyclic) bond motifs is 1. The lowest BCUT2D eigenvalue weighted by Gasteiger charge is -2.21. The van der Waals surface area contributed by atoms with E-state index in [2.05, 4.69) is 40.2 Å². The molecule has 1 aliphatic rings. The van der Waals surface area contributed by atoms with Crippen molar-refractivity contribution in [1.82, 2.24) is 0 Å². The molecule has 2 nitrogen and oxygen atoms in total. The molecule has 0 N–H and O–H groups in total. The van der Waals surface area contributed by atoms with Gasteiger partial charge in [0.1, 0.15) is 9.84 Å². The van der Waals surface area contributed by atoms with Crippen LogP contribution < -0.4 is 0 Å². The highest BCUT2D eigenvalue weighted by Gasteiger charge is 2.26. The van der Waals surface area contributed by atoms with Crippen LogP contribution >= 0.6 is 15.9 Å². The molecule has 2 atom stereocenters. The summed E-state index contributed by atoms with van der Waals surface area (Å²) in [5, 5.41) is 0. The van der Waals surface area contributed by atoms with Crippen LogP contribution in [0.2, 0.25) is 0 Å². The van der Waals surface area contributed by atoms with E-state index in [9.17, 15) is 8.42 Å². The normalized spacial score (nSPS) is 23.7. The van der Waals surface area contributed by atoms with Crippen molar-refractivity contribution < 1.29 is 8.42 Å².